The number of pyridine rings is 1. The number of rotatable bonds is 6. The Labute approximate surface area is 202 Å². The summed E-state index contributed by atoms with van der Waals surface area (Å²) in [7, 11) is 0. The fraction of sp³-hybridized carbons (Fsp3) is 0.385. The second kappa shape index (κ2) is 9.13. The molecule has 8 heteroatoms. The third-order valence-electron chi connectivity index (χ3n) is 6.91. The van der Waals surface area contributed by atoms with Crippen LogP contribution in [0.4, 0.5) is 10.1 Å². The molecular weight excluding hydrogens is 457 g/mol. The first kappa shape index (κ1) is 23.0. The van der Waals surface area contributed by atoms with Gasteiger partial charge in [-0.25, -0.2) is 4.39 Å². The monoisotopic (exact) mass is 483 g/mol. The number of Topliss-reactive ketones (excluding diaryl/α,β-unsaturated/α-hetero) is 1. The van der Waals surface area contributed by atoms with E-state index in [9.17, 15) is 15.0 Å². The Bertz CT molecular complexity index is 1270. The van der Waals surface area contributed by atoms with Crippen molar-refractivity contribution >= 4 is 34.0 Å². The van der Waals surface area contributed by atoms with Crippen molar-refractivity contribution in [2.24, 2.45) is 11.7 Å². The average Bonchev–Trinajstić information content (AvgIpc) is 3.67. The van der Waals surface area contributed by atoms with E-state index in [0.29, 0.717) is 27.7 Å². The number of nitrogens with two attached hydrogens (primary N) is 1. The molecule has 0 radical (unpaired) electrons. The van der Waals surface area contributed by atoms with Crippen LogP contribution in [0.3, 0.4) is 0 Å². The highest BCUT2D eigenvalue weighted by Crippen LogP contribution is 2.40. The van der Waals surface area contributed by atoms with Gasteiger partial charge in [0.25, 0.3) is 0 Å². The summed E-state index contributed by atoms with van der Waals surface area (Å²) in [6.07, 6.45) is 6.90. The summed E-state index contributed by atoms with van der Waals surface area (Å²) in [5, 5.41) is 23.9. The topological polar surface area (TPSA) is 108 Å². The first-order valence-electron chi connectivity index (χ1n) is 11.7. The lowest BCUT2D eigenvalue weighted by Gasteiger charge is -2.29. The maximum absolute atomic E-state index is 15.2. The summed E-state index contributed by atoms with van der Waals surface area (Å²) in [4.78, 5) is 17.5. The number of aromatic hydroxyl groups is 1. The fourth-order valence-electron chi connectivity index (χ4n) is 4.74. The highest BCUT2D eigenvalue weighted by atomic mass is 35.5. The zero-order valence-electron chi connectivity index (χ0n) is 18.7. The summed E-state index contributed by atoms with van der Waals surface area (Å²) in [5.74, 6) is -0.666. The molecular formula is C26H27ClFN3O3. The number of nitrogens with zero attached hydrogens (tertiary/aromatic N) is 1. The molecule has 0 unspecified atom stereocenters. The van der Waals surface area contributed by atoms with Crippen molar-refractivity contribution in [3.63, 3.8) is 0 Å². The number of halogens is 2. The smallest absolute Gasteiger partial charge is 0.169 e. The van der Waals surface area contributed by atoms with Gasteiger partial charge in [0.05, 0.1) is 28.4 Å². The standard InChI is InChI=1S/C26H27ClFN3O3/c27-21-8-14(7-15(12-32)26(21)34)18-9-19-23(10-22(18)28)30-11-20(25(33)13-1-2-13)24(19)31-17-5-3-16(29)4-6-17/h7-11,13,16-17,32,34H,1-6,12,29H2,(H,30,31)/t16-,17-. The number of hydrogen-bond donors (Lipinski definition) is 4. The maximum atomic E-state index is 15.2. The van der Waals surface area contributed by atoms with Crippen molar-refractivity contribution in [1.29, 1.82) is 0 Å². The zero-order valence-corrected chi connectivity index (χ0v) is 19.4. The molecule has 1 aromatic heterocycles. The number of ketones is 1. The molecule has 0 spiro atoms. The lowest BCUT2D eigenvalue weighted by atomic mass is 9.90. The summed E-state index contributed by atoms with van der Waals surface area (Å²) >= 11 is 6.14. The van der Waals surface area contributed by atoms with Crippen molar-refractivity contribution in [1.82, 2.24) is 4.98 Å². The van der Waals surface area contributed by atoms with Crippen LogP contribution in [0.5, 0.6) is 5.75 Å². The average molecular weight is 484 g/mol. The predicted octanol–water partition coefficient (Wildman–Crippen LogP) is 5.17. The van der Waals surface area contributed by atoms with E-state index in [0.717, 1.165) is 38.5 Å². The Morgan fingerprint density at radius 2 is 1.88 bits per heavy atom. The van der Waals surface area contributed by atoms with Crippen LogP contribution in [-0.2, 0) is 6.61 Å². The van der Waals surface area contributed by atoms with Crippen LogP contribution in [0.25, 0.3) is 22.0 Å². The van der Waals surface area contributed by atoms with Crippen LogP contribution < -0.4 is 11.1 Å². The first-order chi connectivity index (χ1) is 16.4. The number of hydrogen-bond acceptors (Lipinski definition) is 6. The zero-order chi connectivity index (χ0) is 24.0. The van der Waals surface area contributed by atoms with Gasteiger partial charge in [0.1, 0.15) is 11.6 Å². The number of fused-ring (bicyclic) bond motifs is 1. The number of carbonyl (C=O) groups is 1. The Morgan fingerprint density at radius 1 is 1.15 bits per heavy atom. The third kappa shape index (κ3) is 4.35. The minimum absolute atomic E-state index is 0.0162. The summed E-state index contributed by atoms with van der Waals surface area (Å²) in [6, 6.07) is 6.34. The van der Waals surface area contributed by atoms with E-state index in [1.54, 1.807) is 12.3 Å². The largest absolute Gasteiger partial charge is 0.506 e. The molecule has 2 aromatic carbocycles. The van der Waals surface area contributed by atoms with Gasteiger partial charge >= 0.3 is 0 Å². The van der Waals surface area contributed by atoms with Crippen LogP contribution in [0.15, 0.2) is 30.5 Å². The third-order valence-corrected chi connectivity index (χ3v) is 7.20. The highest BCUT2D eigenvalue weighted by molar-refractivity contribution is 6.32. The number of nitrogens with one attached hydrogen (secondary N) is 1. The second-order valence-corrected chi connectivity index (χ2v) is 9.82. The molecule has 5 rings (SSSR count). The molecule has 2 saturated carbocycles. The molecule has 0 saturated heterocycles. The maximum Gasteiger partial charge on any atom is 0.169 e. The van der Waals surface area contributed by atoms with Gasteiger partial charge in [0.2, 0.25) is 0 Å². The van der Waals surface area contributed by atoms with Crippen molar-refractivity contribution in [3.05, 3.63) is 52.4 Å². The van der Waals surface area contributed by atoms with E-state index in [1.165, 1.54) is 18.2 Å². The SMILES string of the molecule is N[C@H]1CC[C@H](Nc2c(C(=O)C3CC3)cnc3cc(F)c(-c4cc(Cl)c(O)c(CO)c4)cc23)CC1. The first-order valence-corrected chi connectivity index (χ1v) is 12.0. The fourth-order valence-corrected chi connectivity index (χ4v) is 4.98. The summed E-state index contributed by atoms with van der Waals surface area (Å²) in [6.45, 7) is -0.438. The Kier molecular flexibility index (Phi) is 6.18. The molecule has 5 N–H and O–H groups in total. The lowest BCUT2D eigenvalue weighted by molar-refractivity contribution is 0.0968. The number of aliphatic hydroxyl groups is 1. The van der Waals surface area contributed by atoms with Crippen LogP contribution in [0, 0.1) is 11.7 Å². The molecule has 2 aliphatic rings. The number of anilines is 1. The van der Waals surface area contributed by atoms with E-state index in [2.05, 4.69) is 10.3 Å². The molecule has 0 bridgehead atoms. The van der Waals surface area contributed by atoms with E-state index in [-0.39, 0.29) is 45.7 Å². The molecule has 3 aromatic rings. The van der Waals surface area contributed by atoms with Gasteiger partial charge in [-0.1, -0.05) is 11.6 Å². The minimum Gasteiger partial charge on any atom is -0.506 e. The van der Waals surface area contributed by atoms with Gasteiger partial charge in [0.15, 0.2) is 5.78 Å². The summed E-state index contributed by atoms with van der Waals surface area (Å²) in [5.41, 5.74) is 8.59. The van der Waals surface area contributed by atoms with Crippen molar-refractivity contribution in [2.75, 3.05) is 5.32 Å². The number of carbonyl (C=O) groups excluding carboxylic acids is 1. The Balaban J connectivity index is 1.66. The molecule has 1 heterocycles. The van der Waals surface area contributed by atoms with Crippen molar-refractivity contribution < 1.29 is 19.4 Å². The summed E-state index contributed by atoms with van der Waals surface area (Å²) < 4.78 is 15.2. The molecule has 0 amide bonds. The predicted molar refractivity (Wildman–Crippen MR) is 131 cm³/mol. The van der Waals surface area contributed by atoms with Crippen LogP contribution in [-0.4, -0.2) is 33.1 Å². The van der Waals surface area contributed by atoms with Crippen LogP contribution >= 0.6 is 11.6 Å². The number of phenols is 1. The molecule has 2 fully saturated rings. The van der Waals surface area contributed by atoms with E-state index < -0.39 is 12.4 Å². The van der Waals surface area contributed by atoms with Crippen molar-refractivity contribution in [3.8, 4) is 16.9 Å². The van der Waals surface area contributed by atoms with Crippen molar-refractivity contribution in [2.45, 2.75) is 57.2 Å². The minimum atomic E-state index is -0.512. The number of benzene rings is 2. The molecule has 0 atom stereocenters. The van der Waals surface area contributed by atoms with Crippen LogP contribution in [0.1, 0.15) is 54.4 Å². The quantitative estimate of drug-likeness (QED) is 0.360. The van der Waals surface area contributed by atoms with Gasteiger partial charge in [-0.2, -0.15) is 0 Å². The second-order valence-electron chi connectivity index (χ2n) is 9.41. The highest BCUT2D eigenvalue weighted by Gasteiger charge is 2.33. The lowest BCUT2D eigenvalue weighted by Crippen LogP contribution is -2.33. The molecule has 0 aliphatic heterocycles. The Morgan fingerprint density at radius 3 is 2.56 bits per heavy atom. The van der Waals surface area contributed by atoms with Gasteiger partial charge in [-0.15, -0.1) is 0 Å². The van der Waals surface area contributed by atoms with Crippen LogP contribution in [0.2, 0.25) is 5.02 Å². The van der Waals surface area contributed by atoms with Gasteiger partial charge in [-0.3, -0.25) is 9.78 Å². The van der Waals surface area contributed by atoms with E-state index in [1.807, 2.05) is 0 Å². The normalized spacial score (nSPS) is 20.5. The number of aromatic nitrogens is 1. The van der Waals surface area contributed by atoms with Gasteiger partial charge in [0, 0.05) is 46.8 Å². The van der Waals surface area contributed by atoms with E-state index in [4.69, 9.17) is 17.3 Å². The van der Waals surface area contributed by atoms with Gasteiger partial charge in [-0.05, 0) is 62.3 Å². The molecule has 178 valence electrons. The van der Waals surface area contributed by atoms with E-state index >= 15 is 4.39 Å². The Hall–Kier alpha value is -2.74. The molecule has 2 aliphatic carbocycles. The van der Waals surface area contributed by atoms with Gasteiger partial charge < -0.3 is 21.3 Å². The number of aliphatic hydroxyl groups excluding tert-OH is 1. The molecule has 6 nitrogen and oxygen atoms in total. The molecule has 34 heavy (non-hydrogen) atoms.